The molecule has 0 unspecified atom stereocenters. The van der Waals surface area contributed by atoms with Crippen LogP contribution in [0.25, 0.3) is 0 Å². The lowest BCUT2D eigenvalue weighted by atomic mass is 9.93. The highest BCUT2D eigenvalue weighted by Crippen LogP contribution is 2.37. The number of hydrogen-bond donors (Lipinski definition) is 0. The maximum atomic E-state index is 9.42. The molecule has 43 heavy (non-hydrogen) atoms. The van der Waals surface area contributed by atoms with Crippen molar-refractivity contribution in [3.05, 3.63) is 151 Å². The number of benzene rings is 4. The van der Waals surface area contributed by atoms with Gasteiger partial charge in [-0.1, -0.05) is 134 Å². The zero-order chi connectivity index (χ0) is 31.2. The molecule has 0 aromatic heterocycles. The van der Waals surface area contributed by atoms with E-state index in [4.69, 9.17) is 45.1 Å². The van der Waals surface area contributed by atoms with E-state index in [2.05, 4.69) is 49.5 Å². The molecule has 0 fully saturated rings. The predicted octanol–water partition coefficient (Wildman–Crippen LogP) is 11.2. The number of nitrogens with zero attached hydrogens (tertiary/aromatic N) is 4. The van der Waals surface area contributed by atoms with Gasteiger partial charge in [0.25, 0.3) is 0 Å². The summed E-state index contributed by atoms with van der Waals surface area (Å²) in [4.78, 5) is 9.10. The second-order valence-corrected chi connectivity index (χ2v) is 12.0. The topological polar surface area (TPSA) is 72.3 Å². The summed E-state index contributed by atoms with van der Waals surface area (Å²) < 4.78 is 2.07. The van der Waals surface area contributed by atoms with Crippen LogP contribution in [0.4, 0.5) is 0 Å². The van der Waals surface area contributed by atoms with Crippen LogP contribution < -0.4 is 0 Å². The van der Waals surface area contributed by atoms with Crippen LogP contribution in [0.15, 0.2) is 129 Å². The third-order valence-electron chi connectivity index (χ3n) is 6.15. The van der Waals surface area contributed by atoms with Crippen LogP contribution in [0.2, 0.25) is 10.0 Å². The van der Waals surface area contributed by atoms with Gasteiger partial charge >= 0.3 is 0 Å². The molecule has 0 bridgehead atoms. The quantitative estimate of drug-likeness (QED) is 0.150. The van der Waals surface area contributed by atoms with Crippen LogP contribution in [0.3, 0.4) is 0 Å². The van der Waals surface area contributed by atoms with Gasteiger partial charge in [0.15, 0.2) is 0 Å². The Morgan fingerprint density at radius 1 is 0.884 bits per heavy atom. The summed E-state index contributed by atoms with van der Waals surface area (Å²) >= 11 is 25.3. The standard InChI is InChI=1S/C17H12BrClN2.C14H10BrCl2N.C3H3N/c18-13-7-5-11(6-8-13)17-12(10-20)9-16(21-17)14-3-1-2-4-15(14)19;15-11-7-5-10(6-8-11)9-18-14(17)12-3-1-2-4-13(12)16;1-2-3-4/h1-8,12,17H,9H2;1-8H,9H2;2H,1H2/t12-,17+;;/m1../s1. The van der Waals surface area contributed by atoms with Gasteiger partial charge in [0.1, 0.15) is 5.17 Å². The zero-order valence-electron chi connectivity index (χ0n) is 22.8. The van der Waals surface area contributed by atoms with Crippen molar-refractivity contribution in [2.24, 2.45) is 15.9 Å². The first kappa shape index (κ1) is 34.3. The van der Waals surface area contributed by atoms with Gasteiger partial charge < -0.3 is 0 Å². The summed E-state index contributed by atoms with van der Waals surface area (Å²) in [6.07, 6.45) is 1.82. The van der Waals surface area contributed by atoms with Crippen molar-refractivity contribution in [2.45, 2.75) is 19.0 Å². The molecule has 1 aliphatic rings. The van der Waals surface area contributed by atoms with Crippen molar-refractivity contribution in [1.82, 2.24) is 0 Å². The molecule has 4 aromatic carbocycles. The highest BCUT2D eigenvalue weighted by atomic mass is 79.9. The van der Waals surface area contributed by atoms with Gasteiger partial charge in [0, 0.05) is 43.3 Å². The van der Waals surface area contributed by atoms with Gasteiger partial charge in [0.05, 0.1) is 35.7 Å². The van der Waals surface area contributed by atoms with Gasteiger partial charge in [-0.3, -0.25) is 9.98 Å². The molecule has 0 aliphatic carbocycles. The van der Waals surface area contributed by atoms with E-state index in [1.807, 2.05) is 91.0 Å². The number of allylic oxidation sites excluding steroid dienone is 1. The highest BCUT2D eigenvalue weighted by Gasteiger charge is 2.31. The lowest BCUT2D eigenvalue weighted by Crippen LogP contribution is -2.05. The van der Waals surface area contributed by atoms with Gasteiger partial charge in [-0.05, 0) is 47.5 Å². The van der Waals surface area contributed by atoms with Crippen LogP contribution in [0.1, 0.15) is 34.7 Å². The minimum atomic E-state index is -0.141. The van der Waals surface area contributed by atoms with E-state index in [1.165, 1.54) is 6.08 Å². The average molecular weight is 756 g/mol. The molecule has 4 aromatic rings. The van der Waals surface area contributed by atoms with Gasteiger partial charge in [0.2, 0.25) is 0 Å². The fraction of sp³-hybridized carbons (Fsp3) is 0.118. The molecule has 0 saturated carbocycles. The van der Waals surface area contributed by atoms with Crippen LogP contribution in [0.5, 0.6) is 0 Å². The number of halogens is 5. The van der Waals surface area contributed by atoms with E-state index in [0.717, 1.165) is 36.9 Å². The lowest BCUT2D eigenvalue weighted by molar-refractivity contribution is 0.593. The largest absolute Gasteiger partial charge is 0.280 e. The third-order valence-corrected chi connectivity index (χ3v) is 8.19. The summed E-state index contributed by atoms with van der Waals surface area (Å²) in [5.74, 6) is -0.141. The minimum Gasteiger partial charge on any atom is -0.280 e. The predicted molar refractivity (Wildman–Crippen MR) is 186 cm³/mol. The van der Waals surface area contributed by atoms with Gasteiger partial charge in [-0.2, -0.15) is 10.5 Å². The minimum absolute atomic E-state index is 0.116. The summed E-state index contributed by atoms with van der Waals surface area (Å²) in [6.45, 7) is 3.66. The van der Waals surface area contributed by atoms with Crippen molar-refractivity contribution >= 4 is 77.5 Å². The van der Waals surface area contributed by atoms with E-state index in [-0.39, 0.29) is 12.0 Å². The number of aliphatic imine (C=N–C) groups is 2. The Labute approximate surface area is 284 Å². The SMILES string of the molecule is C=CC#N.ClC(=NCc1ccc(Br)cc1)c1ccccc1Cl.N#C[C@H]1CC(c2ccccc2Cl)=N[C@H]1c1ccc(Br)cc1. The molecule has 1 heterocycles. The maximum absolute atomic E-state index is 9.42. The number of hydrogen-bond acceptors (Lipinski definition) is 4. The first-order valence-electron chi connectivity index (χ1n) is 12.9. The molecule has 1 aliphatic heterocycles. The van der Waals surface area contributed by atoms with Crippen LogP contribution in [-0.2, 0) is 6.54 Å². The molecule has 4 nitrogen and oxygen atoms in total. The lowest BCUT2D eigenvalue weighted by Gasteiger charge is -2.11. The summed E-state index contributed by atoms with van der Waals surface area (Å²) in [6, 6.07) is 35.0. The highest BCUT2D eigenvalue weighted by molar-refractivity contribution is 9.10. The first-order valence-corrected chi connectivity index (χ1v) is 15.7. The van der Waals surface area contributed by atoms with Gasteiger partial charge in [-0.15, -0.1) is 0 Å². The normalized spacial score (nSPS) is 15.4. The maximum Gasteiger partial charge on any atom is 0.132 e. The van der Waals surface area contributed by atoms with E-state index >= 15 is 0 Å². The second kappa shape index (κ2) is 17.8. The van der Waals surface area contributed by atoms with Crippen LogP contribution >= 0.6 is 66.7 Å². The fourth-order valence-electron chi connectivity index (χ4n) is 4.05. The number of nitriles is 2. The van der Waals surface area contributed by atoms with Crippen molar-refractivity contribution in [3.63, 3.8) is 0 Å². The molecular formula is C34H25Br2Cl3N4. The molecular weight excluding hydrogens is 731 g/mol. The Balaban J connectivity index is 0.000000212. The number of rotatable bonds is 5. The van der Waals surface area contributed by atoms with Crippen LogP contribution in [0, 0.1) is 28.6 Å². The first-order chi connectivity index (χ1) is 20.8. The van der Waals surface area contributed by atoms with E-state index in [1.54, 1.807) is 12.1 Å². The zero-order valence-corrected chi connectivity index (χ0v) is 28.2. The Hall–Kier alpha value is -3.23. The van der Waals surface area contributed by atoms with Gasteiger partial charge in [-0.25, -0.2) is 0 Å². The average Bonchev–Trinajstić information content (AvgIpc) is 3.46. The molecule has 0 saturated heterocycles. The molecule has 216 valence electrons. The Kier molecular flexibility index (Phi) is 14.2. The molecule has 0 radical (unpaired) electrons. The Morgan fingerprint density at radius 3 is 2.00 bits per heavy atom. The Bertz CT molecular complexity index is 1670. The monoisotopic (exact) mass is 752 g/mol. The Morgan fingerprint density at radius 2 is 1.44 bits per heavy atom. The summed E-state index contributed by atoms with van der Waals surface area (Å²) in [5, 5.41) is 18.7. The molecule has 0 N–H and O–H groups in total. The molecule has 2 atom stereocenters. The summed E-state index contributed by atoms with van der Waals surface area (Å²) in [7, 11) is 0. The van der Waals surface area contributed by atoms with E-state index in [9.17, 15) is 5.26 Å². The molecule has 9 heteroatoms. The van der Waals surface area contributed by atoms with Crippen molar-refractivity contribution in [2.75, 3.05) is 0 Å². The van der Waals surface area contributed by atoms with Crippen molar-refractivity contribution in [3.8, 4) is 12.1 Å². The van der Waals surface area contributed by atoms with Crippen LogP contribution in [-0.4, -0.2) is 10.9 Å². The summed E-state index contributed by atoms with van der Waals surface area (Å²) in [5.41, 5.74) is 4.77. The van der Waals surface area contributed by atoms with E-state index in [0.29, 0.717) is 28.2 Å². The second-order valence-electron chi connectivity index (χ2n) is 9.04. The van der Waals surface area contributed by atoms with E-state index < -0.39 is 0 Å². The molecule has 0 spiro atoms. The van der Waals surface area contributed by atoms with Crippen molar-refractivity contribution < 1.29 is 0 Å². The fourth-order valence-corrected chi connectivity index (χ4v) is 5.32. The third kappa shape index (κ3) is 10.5. The molecule has 5 rings (SSSR count). The van der Waals surface area contributed by atoms with Crippen molar-refractivity contribution in [1.29, 1.82) is 10.5 Å². The molecule has 0 amide bonds. The smallest absolute Gasteiger partial charge is 0.132 e.